The van der Waals surface area contributed by atoms with Gasteiger partial charge in [-0.15, -0.1) is 0 Å². The van der Waals surface area contributed by atoms with Crippen LogP contribution in [0.5, 0.6) is 11.5 Å². The van der Waals surface area contributed by atoms with Gasteiger partial charge in [-0.25, -0.2) is 0 Å². The number of unbranched alkanes of at least 4 members (excludes halogenated alkanes) is 1. The van der Waals surface area contributed by atoms with Crippen LogP contribution in [0.2, 0.25) is 10.0 Å². The monoisotopic (exact) mass is 877 g/mol. The molecule has 3 aromatic rings. The maximum atomic E-state index is 14.1. The van der Waals surface area contributed by atoms with Gasteiger partial charge in [0.05, 0.1) is 35.9 Å². The molecule has 5 rings (SSSR count). The zero-order chi connectivity index (χ0) is 44.7. The molecule has 4 N–H and O–H groups in total. The molecule has 15 heteroatoms. The van der Waals surface area contributed by atoms with Crippen LogP contribution < -0.4 is 25.4 Å². The van der Waals surface area contributed by atoms with Crippen molar-refractivity contribution < 1.29 is 38.5 Å². The molecule has 0 spiro atoms. The van der Waals surface area contributed by atoms with E-state index >= 15 is 0 Å². The van der Waals surface area contributed by atoms with Gasteiger partial charge >= 0.3 is 0 Å². The molecule has 0 aromatic heterocycles. The number of halogens is 2. The van der Waals surface area contributed by atoms with E-state index in [0.29, 0.717) is 57.7 Å². The Morgan fingerprint density at radius 3 is 2.18 bits per heavy atom. The highest BCUT2D eigenvalue weighted by Crippen LogP contribution is 2.55. The maximum Gasteiger partial charge on any atom is 0.252 e. The summed E-state index contributed by atoms with van der Waals surface area (Å²) >= 11 is 12.3. The second-order valence-electron chi connectivity index (χ2n) is 18.0. The molecule has 4 amide bonds. The van der Waals surface area contributed by atoms with Crippen LogP contribution in [-0.4, -0.2) is 90.3 Å². The average Bonchev–Trinajstić information content (AvgIpc) is 3.65. The number of nitriles is 1. The number of rotatable bonds is 17. The summed E-state index contributed by atoms with van der Waals surface area (Å²) in [5.74, 6) is -0.566. The standard InChI is InChI=1S/C46H57Cl2N5O8/c1-44(2,3)38(41(58)53(26-28-10-15-31(47)16-11-28)40(57)36-22-32(54)25-50-36)51-37(55)27-59-20-8-9-21-60-33-17-12-29(13-18-33)39(56)52-42-45(4,5)43(46(42,6)7)61-34-19-14-30(24-49)35(48)23-34/h10-19,23,32,36,38,42-43,50,54H,8-9,20-22,25-27H2,1-7H3,(H,51,55)(H,52,56)/t32-,36+,38-,42?,43?/m1/s1. The molecule has 1 saturated carbocycles. The molecule has 0 unspecified atom stereocenters. The minimum Gasteiger partial charge on any atom is -0.494 e. The highest BCUT2D eigenvalue weighted by Gasteiger charge is 2.64. The van der Waals surface area contributed by atoms with E-state index in [-0.39, 0.29) is 50.8 Å². The van der Waals surface area contributed by atoms with E-state index in [0.717, 1.165) is 4.90 Å². The van der Waals surface area contributed by atoms with Crippen LogP contribution in [0.4, 0.5) is 0 Å². The number of hydrogen-bond donors (Lipinski definition) is 4. The van der Waals surface area contributed by atoms with Crippen molar-refractivity contribution in [3.05, 3.63) is 93.5 Å². The van der Waals surface area contributed by atoms with Gasteiger partial charge in [-0.1, -0.05) is 83.8 Å². The molecule has 1 aliphatic heterocycles. The minimum atomic E-state index is -1.04. The van der Waals surface area contributed by atoms with Crippen LogP contribution in [0.3, 0.4) is 0 Å². The summed E-state index contributed by atoms with van der Waals surface area (Å²) in [5.41, 5.74) is 0.0137. The van der Waals surface area contributed by atoms with Gasteiger partial charge < -0.3 is 35.3 Å². The van der Waals surface area contributed by atoms with Gasteiger partial charge in [0.25, 0.3) is 11.8 Å². The zero-order valence-corrected chi connectivity index (χ0v) is 37.4. The quantitative estimate of drug-likeness (QED) is 0.110. The van der Waals surface area contributed by atoms with Crippen LogP contribution in [0, 0.1) is 27.6 Å². The number of carbonyl (C=O) groups excluding carboxylic acids is 4. The van der Waals surface area contributed by atoms with Crippen molar-refractivity contribution in [2.45, 2.75) is 105 Å². The first-order valence-corrected chi connectivity index (χ1v) is 21.3. The largest absolute Gasteiger partial charge is 0.494 e. The molecular weight excluding hydrogens is 821 g/mol. The Balaban J connectivity index is 1.04. The maximum absolute atomic E-state index is 14.1. The van der Waals surface area contributed by atoms with Crippen molar-refractivity contribution in [3.8, 4) is 17.6 Å². The molecule has 1 saturated heterocycles. The van der Waals surface area contributed by atoms with Gasteiger partial charge in [0.15, 0.2) is 0 Å². The molecule has 3 aromatic carbocycles. The van der Waals surface area contributed by atoms with Crippen molar-refractivity contribution >= 4 is 46.8 Å². The number of hydrogen-bond acceptors (Lipinski definition) is 10. The Morgan fingerprint density at radius 2 is 1.59 bits per heavy atom. The number of benzene rings is 3. The smallest absolute Gasteiger partial charge is 0.252 e. The Kier molecular flexibility index (Phi) is 15.5. The summed E-state index contributed by atoms with van der Waals surface area (Å²) in [6.45, 7) is 14.2. The predicted molar refractivity (Wildman–Crippen MR) is 232 cm³/mol. The summed E-state index contributed by atoms with van der Waals surface area (Å²) in [6.07, 6.45) is 0.506. The topological polar surface area (TPSA) is 179 Å². The van der Waals surface area contributed by atoms with Crippen LogP contribution >= 0.6 is 23.2 Å². The third-order valence-electron chi connectivity index (χ3n) is 11.3. The lowest BCUT2D eigenvalue weighted by Gasteiger charge is -2.63. The molecule has 13 nitrogen and oxygen atoms in total. The van der Waals surface area contributed by atoms with E-state index < -0.39 is 52.2 Å². The van der Waals surface area contributed by atoms with E-state index in [4.69, 9.17) is 37.4 Å². The van der Waals surface area contributed by atoms with E-state index in [1.165, 1.54) is 0 Å². The van der Waals surface area contributed by atoms with Gasteiger partial charge in [-0.05, 0) is 78.8 Å². The third-order valence-corrected chi connectivity index (χ3v) is 11.9. The summed E-state index contributed by atoms with van der Waals surface area (Å²) in [5, 5.41) is 29.1. The van der Waals surface area contributed by atoms with Crippen LogP contribution in [0.25, 0.3) is 0 Å². The number of aliphatic hydroxyl groups is 1. The third kappa shape index (κ3) is 11.8. The first kappa shape index (κ1) is 47.3. The number of β-amino-alcohol motifs (C(OH)–C–C–N with tert-alkyl or cyclic N) is 1. The second-order valence-corrected chi connectivity index (χ2v) is 18.9. The minimum absolute atomic E-state index is 0.0296. The van der Waals surface area contributed by atoms with E-state index in [2.05, 4.69) is 49.7 Å². The lowest BCUT2D eigenvalue weighted by molar-refractivity contribution is -0.164. The fourth-order valence-corrected chi connectivity index (χ4v) is 8.65. The highest BCUT2D eigenvalue weighted by molar-refractivity contribution is 6.31. The normalized spacial score (nSPS) is 20.7. The molecule has 328 valence electrons. The lowest BCUT2D eigenvalue weighted by Crippen LogP contribution is -2.74. The lowest BCUT2D eigenvalue weighted by atomic mass is 9.49. The zero-order valence-electron chi connectivity index (χ0n) is 35.8. The van der Waals surface area contributed by atoms with E-state index in [9.17, 15) is 29.5 Å². The Hall–Kier alpha value is -4.71. The van der Waals surface area contributed by atoms with Crippen LogP contribution in [0.1, 0.15) is 89.2 Å². The van der Waals surface area contributed by atoms with Gasteiger partial charge in [-0.3, -0.25) is 24.1 Å². The predicted octanol–water partition coefficient (Wildman–Crippen LogP) is 6.46. The molecule has 0 radical (unpaired) electrons. The molecule has 1 aliphatic carbocycles. The summed E-state index contributed by atoms with van der Waals surface area (Å²) in [6, 6.07) is 18.8. The van der Waals surface area contributed by atoms with Crippen molar-refractivity contribution in [1.29, 1.82) is 5.26 Å². The van der Waals surface area contributed by atoms with Gasteiger partial charge in [0.2, 0.25) is 11.8 Å². The summed E-state index contributed by atoms with van der Waals surface area (Å²) < 4.78 is 17.9. The fourth-order valence-electron chi connectivity index (χ4n) is 8.31. The van der Waals surface area contributed by atoms with Gasteiger partial charge in [0, 0.05) is 46.7 Å². The SMILES string of the molecule is CC1(C)C(NC(=O)c2ccc(OCCCCOCC(=O)N[C@H](C(=O)N(Cc3ccc(Cl)cc3)C(=O)[C@@H]3C[C@@H](O)CN3)C(C)(C)C)cc2)C(C)(C)C1Oc1ccc(C#N)c(Cl)c1. The number of carbonyl (C=O) groups is 4. The van der Waals surface area contributed by atoms with Gasteiger partial charge in [-0.2, -0.15) is 5.26 Å². The van der Waals surface area contributed by atoms with Crippen molar-refractivity contribution in [2.75, 3.05) is 26.4 Å². The molecule has 1 heterocycles. The number of nitrogens with zero attached hydrogens (tertiary/aromatic N) is 2. The highest BCUT2D eigenvalue weighted by atomic mass is 35.5. The van der Waals surface area contributed by atoms with E-state index in [1.807, 2.05) is 20.8 Å². The number of nitrogens with one attached hydrogen (secondary N) is 3. The van der Waals surface area contributed by atoms with Crippen molar-refractivity contribution in [1.82, 2.24) is 20.9 Å². The first-order valence-electron chi connectivity index (χ1n) is 20.5. The van der Waals surface area contributed by atoms with E-state index in [1.54, 1.807) is 66.7 Å². The second kappa shape index (κ2) is 20.0. The molecular formula is C46H57Cl2N5O8. The van der Waals surface area contributed by atoms with Crippen molar-refractivity contribution in [3.63, 3.8) is 0 Å². The molecule has 3 atom stereocenters. The van der Waals surface area contributed by atoms with Crippen LogP contribution in [0.15, 0.2) is 66.7 Å². The number of ether oxygens (including phenoxy) is 3. The number of aliphatic hydroxyl groups excluding tert-OH is 1. The molecule has 61 heavy (non-hydrogen) atoms. The number of imide groups is 1. The average molecular weight is 879 g/mol. The van der Waals surface area contributed by atoms with Crippen molar-refractivity contribution in [2.24, 2.45) is 16.2 Å². The molecule has 0 bridgehead atoms. The Labute approximate surface area is 368 Å². The summed E-state index contributed by atoms with van der Waals surface area (Å²) in [7, 11) is 0. The van der Waals surface area contributed by atoms with Crippen LogP contribution in [-0.2, 0) is 25.7 Å². The first-order chi connectivity index (χ1) is 28.7. The van der Waals surface area contributed by atoms with Gasteiger partial charge in [0.1, 0.15) is 36.3 Å². The molecule has 2 aliphatic rings. The Morgan fingerprint density at radius 1 is 0.951 bits per heavy atom. The fraction of sp³-hybridized carbons (Fsp3) is 0.500. The summed E-state index contributed by atoms with van der Waals surface area (Å²) in [4.78, 5) is 55.2. The Bertz CT molecular complexity index is 2060. The molecule has 2 fully saturated rings. The number of amides is 4.